The van der Waals surface area contributed by atoms with E-state index in [1.54, 1.807) is 18.2 Å². The van der Waals surface area contributed by atoms with Gasteiger partial charge in [0, 0.05) is 11.1 Å². The van der Waals surface area contributed by atoms with Gasteiger partial charge in [0.25, 0.3) is 0 Å². The van der Waals surface area contributed by atoms with E-state index in [2.05, 4.69) is 25.1 Å². The number of oxazole rings is 1. The number of carboxylic acid groups (broad SMARTS) is 1. The Hall–Kier alpha value is -2.82. The van der Waals surface area contributed by atoms with Gasteiger partial charge >= 0.3 is 5.97 Å². The molecule has 7 rings (SSSR count). The Morgan fingerprint density at radius 1 is 0.923 bits per heavy atom. The minimum absolute atomic E-state index is 0.196. The summed E-state index contributed by atoms with van der Waals surface area (Å²) >= 11 is 0. The summed E-state index contributed by atoms with van der Waals surface area (Å²) in [6, 6.07) is 11.4. The van der Waals surface area contributed by atoms with Gasteiger partial charge in [0.2, 0.25) is 5.89 Å². The predicted octanol–water partition coefficient (Wildman–Crippen LogP) is 9.18. The first-order chi connectivity index (χ1) is 19.0. The number of nitrogens with zero attached hydrogens (tertiary/aromatic N) is 1. The van der Waals surface area contributed by atoms with Crippen LogP contribution >= 0.6 is 0 Å². The van der Waals surface area contributed by atoms with Crippen LogP contribution in [0.5, 0.6) is 5.75 Å². The monoisotopic (exact) mass is 529 g/mol. The topological polar surface area (TPSA) is 72.6 Å². The van der Waals surface area contributed by atoms with Crippen LogP contribution in [0.2, 0.25) is 0 Å². The standard InChI is InChI=1S/C34H43NO4/c1-2-3-4-5-6-7-8-9-14-38-30-13-11-26(32-35-29-12-10-27(33(36)37)19-31(29)39-32)18-28(30)34-20-23-15-24(21-34)17-25(16-23)22-34/h10-13,18-19,23-25H,2-9,14-17,20-22H2,1H3,(H,36,37). The van der Waals surface area contributed by atoms with Gasteiger partial charge in [0.1, 0.15) is 11.3 Å². The molecule has 0 spiro atoms. The summed E-state index contributed by atoms with van der Waals surface area (Å²) in [5.74, 6) is 3.18. The average Bonchev–Trinajstić information content (AvgIpc) is 3.35. The van der Waals surface area contributed by atoms with E-state index >= 15 is 0 Å². The molecule has 0 unspecified atom stereocenters. The number of ether oxygens (including phenoxy) is 1. The Morgan fingerprint density at radius 2 is 1.59 bits per heavy atom. The Kier molecular flexibility index (Phi) is 7.68. The van der Waals surface area contributed by atoms with Crippen molar-refractivity contribution in [1.29, 1.82) is 0 Å². The number of carbonyl (C=O) groups is 1. The van der Waals surface area contributed by atoms with Crippen LogP contribution in [0.4, 0.5) is 0 Å². The van der Waals surface area contributed by atoms with E-state index in [4.69, 9.17) is 14.1 Å². The second kappa shape index (κ2) is 11.3. The van der Waals surface area contributed by atoms with Crippen LogP contribution < -0.4 is 4.74 Å². The number of aromatic carboxylic acids is 1. The first-order valence-electron chi connectivity index (χ1n) is 15.4. The molecule has 1 aromatic heterocycles. The maximum atomic E-state index is 11.4. The van der Waals surface area contributed by atoms with Crippen molar-refractivity contribution in [1.82, 2.24) is 4.98 Å². The highest BCUT2D eigenvalue weighted by atomic mass is 16.5. The minimum Gasteiger partial charge on any atom is -0.493 e. The maximum absolute atomic E-state index is 11.4. The molecule has 5 nitrogen and oxygen atoms in total. The molecule has 4 aliphatic carbocycles. The molecular formula is C34H43NO4. The summed E-state index contributed by atoms with van der Waals surface area (Å²) in [5.41, 5.74) is 3.91. The lowest BCUT2D eigenvalue weighted by Crippen LogP contribution is -2.48. The Bertz CT molecular complexity index is 1270. The van der Waals surface area contributed by atoms with Gasteiger partial charge in [-0.1, -0.05) is 51.9 Å². The summed E-state index contributed by atoms with van der Waals surface area (Å²) in [4.78, 5) is 16.2. The van der Waals surface area contributed by atoms with Gasteiger partial charge < -0.3 is 14.3 Å². The maximum Gasteiger partial charge on any atom is 0.335 e. The molecule has 4 aliphatic rings. The zero-order valence-corrected chi connectivity index (χ0v) is 23.4. The van der Waals surface area contributed by atoms with Crippen molar-refractivity contribution in [2.24, 2.45) is 17.8 Å². The number of rotatable bonds is 13. The predicted molar refractivity (Wildman–Crippen MR) is 154 cm³/mol. The molecule has 4 saturated carbocycles. The third-order valence-corrected chi connectivity index (χ3v) is 9.73. The quantitative estimate of drug-likeness (QED) is 0.223. The van der Waals surface area contributed by atoms with Crippen LogP contribution in [0.1, 0.15) is 113 Å². The van der Waals surface area contributed by atoms with E-state index in [0.717, 1.165) is 42.1 Å². The van der Waals surface area contributed by atoms with Crippen LogP contribution in [0.25, 0.3) is 22.6 Å². The fourth-order valence-corrected chi connectivity index (χ4v) is 8.24. The minimum atomic E-state index is -0.961. The normalized spacial score (nSPS) is 25.4. The summed E-state index contributed by atoms with van der Waals surface area (Å²) in [6.07, 6.45) is 18.4. The number of carboxylic acids is 1. The van der Waals surface area contributed by atoms with Gasteiger partial charge in [0.05, 0.1) is 12.2 Å². The van der Waals surface area contributed by atoms with Crippen molar-refractivity contribution in [3.8, 4) is 17.2 Å². The average molecular weight is 530 g/mol. The highest BCUT2D eigenvalue weighted by Crippen LogP contribution is 2.62. The van der Waals surface area contributed by atoms with E-state index in [1.165, 1.54) is 89.0 Å². The molecule has 4 fully saturated rings. The van der Waals surface area contributed by atoms with Crippen molar-refractivity contribution >= 4 is 17.1 Å². The van der Waals surface area contributed by atoms with E-state index in [1.807, 2.05) is 0 Å². The molecule has 3 aromatic rings. The lowest BCUT2D eigenvalue weighted by Gasteiger charge is -2.57. The fraction of sp³-hybridized carbons (Fsp3) is 0.588. The molecular weight excluding hydrogens is 486 g/mol. The fourth-order valence-electron chi connectivity index (χ4n) is 8.24. The van der Waals surface area contributed by atoms with Gasteiger partial charge in [-0.3, -0.25) is 0 Å². The van der Waals surface area contributed by atoms with Crippen LogP contribution in [-0.2, 0) is 5.41 Å². The molecule has 0 radical (unpaired) electrons. The molecule has 1 heterocycles. The number of fused-ring (bicyclic) bond motifs is 1. The summed E-state index contributed by atoms with van der Waals surface area (Å²) in [5, 5.41) is 9.37. The number of benzene rings is 2. The van der Waals surface area contributed by atoms with Gasteiger partial charge in [-0.05, 0) is 105 Å². The molecule has 39 heavy (non-hydrogen) atoms. The highest BCUT2D eigenvalue weighted by molar-refractivity contribution is 5.92. The number of aromatic nitrogens is 1. The molecule has 0 amide bonds. The Morgan fingerprint density at radius 3 is 2.26 bits per heavy atom. The smallest absolute Gasteiger partial charge is 0.335 e. The van der Waals surface area contributed by atoms with Crippen LogP contribution in [0.3, 0.4) is 0 Å². The largest absolute Gasteiger partial charge is 0.493 e. The summed E-state index contributed by atoms with van der Waals surface area (Å²) in [7, 11) is 0. The summed E-state index contributed by atoms with van der Waals surface area (Å²) < 4.78 is 12.7. The molecule has 0 atom stereocenters. The molecule has 0 saturated heterocycles. The van der Waals surface area contributed by atoms with Gasteiger partial charge in [-0.25, -0.2) is 9.78 Å². The van der Waals surface area contributed by atoms with Crippen LogP contribution in [0, 0.1) is 17.8 Å². The number of hydrogen-bond donors (Lipinski definition) is 1. The van der Waals surface area contributed by atoms with Crippen molar-refractivity contribution < 1.29 is 19.1 Å². The van der Waals surface area contributed by atoms with Crippen molar-refractivity contribution in [2.45, 2.75) is 102 Å². The zero-order valence-electron chi connectivity index (χ0n) is 23.4. The van der Waals surface area contributed by atoms with E-state index in [0.29, 0.717) is 17.0 Å². The van der Waals surface area contributed by atoms with Crippen molar-refractivity contribution in [3.63, 3.8) is 0 Å². The number of hydrogen-bond acceptors (Lipinski definition) is 4. The highest BCUT2D eigenvalue weighted by Gasteiger charge is 2.52. The third-order valence-electron chi connectivity index (χ3n) is 9.73. The van der Waals surface area contributed by atoms with Crippen molar-refractivity contribution in [2.75, 3.05) is 6.61 Å². The molecule has 0 aliphatic heterocycles. The van der Waals surface area contributed by atoms with E-state index in [9.17, 15) is 9.90 Å². The molecule has 2 aromatic carbocycles. The Labute approximate surface area is 232 Å². The SMILES string of the molecule is CCCCCCCCCCOc1ccc(-c2nc3ccc(C(=O)O)cc3o2)cc1C12CC3CC(CC(C3)C1)C2. The first-order valence-corrected chi connectivity index (χ1v) is 15.4. The van der Waals surface area contributed by atoms with E-state index in [-0.39, 0.29) is 11.0 Å². The second-order valence-corrected chi connectivity index (χ2v) is 12.7. The molecule has 5 heteroatoms. The summed E-state index contributed by atoms with van der Waals surface area (Å²) in [6.45, 7) is 3.04. The van der Waals surface area contributed by atoms with Crippen LogP contribution in [0.15, 0.2) is 40.8 Å². The molecule has 4 bridgehead atoms. The first kappa shape index (κ1) is 26.4. The van der Waals surface area contributed by atoms with Crippen molar-refractivity contribution in [3.05, 3.63) is 47.5 Å². The van der Waals surface area contributed by atoms with Gasteiger partial charge in [-0.15, -0.1) is 0 Å². The van der Waals surface area contributed by atoms with Crippen LogP contribution in [-0.4, -0.2) is 22.7 Å². The number of unbranched alkanes of at least 4 members (excludes halogenated alkanes) is 7. The van der Waals surface area contributed by atoms with Gasteiger partial charge in [0.15, 0.2) is 5.58 Å². The lowest BCUT2D eigenvalue weighted by molar-refractivity contribution is -0.00638. The molecule has 1 N–H and O–H groups in total. The zero-order chi connectivity index (χ0) is 26.8. The third kappa shape index (κ3) is 5.60. The molecule has 208 valence electrons. The van der Waals surface area contributed by atoms with Gasteiger partial charge in [-0.2, -0.15) is 0 Å². The second-order valence-electron chi connectivity index (χ2n) is 12.7. The lowest BCUT2D eigenvalue weighted by atomic mass is 9.48. The van der Waals surface area contributed by atoms with E-state index < -0.39 is 5.97 Å². The Balaban J connectivity index is 1.23.